The quantitative estimate of drug-likeness (QED) is 0.566. The van der Waals surface area contributed by atoms with E-state index in [0.717, 1.165) is 6.07 Å². The summed E-state index contributed by atoms with van der Waals surface area (Å²) < 4.78 is 5.51. The van der Waals surface area contributed by atoms with Crippen LogP contribution in [0.1, 0.15) is 0 Å². The monoisotopic (exact) mass is 273 g/mol. The van der Waals surface area contributed by atoms with Gasteiger partial charge in [-0.05, 0) is 18.2 Å². The zero-order valence-corrected chi connectivity index (χ0v) is 9.90. The summed E-state index contributed by atoms with van der Waals surface area (Å²) in [5, 5.41) is 24.8. The number of nitrogens with zero attached hydrogens (tertiary/aromatic N) is 2. The number of anilines is 2. The Balaban J connectivity index is 2.21. The third kappa shape index (κ3) is 1.70. The van der Waals surface area contributed by atoms with Gasteiger partial charge < -0.3 is 10.1 Å². The van der Waals surface area contributed by atoms with Gasteiger partial charge in [0.15, 0.2) is 17.2 Å². The van der Waals surface area contributed by atoms with E-state index in [1.807, 2.05) is 0 Å². The fourth-order valence-electron chi connectivity index (χ4n) is 2.01. The second-order valence-electron chi connectivity index (χ2n) is 4.04. The first-order valence-electron chi connectivity index (χ1n) is 5.57. The lowest BCUT2D eigenvalue weighted by Gasteiger charge is -2.20. The van der Waals surface area contributed by atoms with Crippen molar-refractivity contribution in [1.82, 2.24) is 0 Å². The van der Waals surface area contributed by atoms with E-state index < -0.39 is 21.2 Å². The molecule has 0 aromatic heterocycles. The van der Waals surface area contributed by atoms with Crippen LogP contribution >= 0.6 is 0 Å². The Kier molecular flexibility index (Phi) is 2.50. The first kappa shape index (κ1) is 11.9. The predicted octanol–water partition coefficient (Wildman–Crippen LogP) is 3.35. The van der Waals surface area contributed by atoms with Crippen molar-refractivity contribution in [1.29, 1.82) is 0 Å². The highest BCUT2D eigenvalue weighted by molar-refractivity contribution is 5.85. The molecule has 0 aliphatic carbocycles. The Bertz CT molecular complexity index is 744. The van der Waals surface area contributed by atoms with Crippen molar-refractivity contribution in [3.63, 3.8) is 0 Å². The first-order valence-corrected chi connectivity index (χ1v) is 5.57. The number of hydrogen-bond acceptors (Lipinski definition) is 6. The first-order chi connectivity index (χ1) is 9.58. The fraction of sp³-hybridized carbons (Fsp3) is 0. The summed E-state index contributed by atoms with van der Waals surface area (Å²) >= 11 is 0. The highest BCUT2D eigenvalue weighted by atomic mass is 16.6. The molecule has 0 amide bonds. The molecule has 100 valence electrons. The molecule has 1 aliphatic rings. The number of nitro benzene ring substituents is 2. The number of rotatable bonds is 2. The van der Waals surface area contributed by atoms with Gasteiger partial charge in [0, 0.05) is 6.07 Å². The lowest BCUT2D eigenvalue weighted by Crippen LogP contribution is -2.07. The largest absolute Gasteiger partial charge is 0.453 e. The molecule has 0 saturated carbocycles. The van der Waals surface area contributed by atoms with Gasteiger partial charge in [-0.15, -0.1) is 0 Å². The van der Waals surface area contributed by atoms with E-state index in [0.29, 0.717) is 11.4 Å². The van der Waals surface area contributed by atoms with E-state index in [4.69, 9.17) is 4.74 Å². The molecule has 0 radical (unpaired) electrons. The molecule has 0 saturated heterocycles. The maximum Gasteiger partial charge on any atom is 0.373 e. The number of ether oxygens (including phenoxy) is 1. The Morgan fingerprint density at radius 3 is 2.40 bits per heavy atom. The molecule has 2 aromatic rings. The second kappa shape index (κ2) is 4.19. The Hall–Kier alpha value is -3.16. The van der Waals surface area contributed by atoms with E-state index >= 15 is 0 Å². The summed E-state index contributed by atoms with van der Waals surface area (Å²) in [6.07, 6.45) is 0. The summed E-state index contributed by atoms with van der Waals surface area (Å²) in [4.78, 5) is 20.4. The number of para-hydroxylation sites is 2. The van der Waals surface area contributed by atoms with Crippen LogP contribution in [-0.2, 0) is 0 Å². The molecule has 20 heavy (non-hydrogen) atoms. The fourth-order valence-corrected chi connectivity index (χ4v) is 2.01. The van der Waals surface area contributed by atoms with Gasteiger partial charge in [-0.25, -0.2) is 0 Å². The zero-order valence-electron chi connectivity index (χ0n) is 9.90. The van der Waals surface area contributed by atoms with Gasteiger partial charge in [0.05, 0.1) is 15.5 Å². The van der Waals surface area contributed by atoms with E-state index in [1.54, 1.807) is 24.3 Å². The predicted molar refractivity (Wildman–Crippen MR) is 69.5 cm³/mol. The summed E-state index contributed by atoms with van der Waals surface area (Å²) in [5.41, 5.74) is -0.683. The highest BCUT2D eigenvalue weighted by Crippen LogP contribution is 2.49. The average molecular weight is 273 g/mol. The molecule has 0 fully saturated rings. The van der Waals surface area contributed by atoms with E-state index in [1.165, 1.54) is 6.07 Å². The molecule has 3 rings (SSSR count). The van der Waals surface area contributed by atoms with Crippen LogP contribution in [0.15, 0.2) is 36.4 Å². The van der Waals surface area contributed by atoms with Crippen molar-refractivity contribution >= 4 is 22.7 Å². The number of benzene rings is 2. The minimum absolute atomic E-state index is 0.0112. The lowest BCUT2D eigenvalue weighted by molar-refractivity contribution is -0.421. The molecule has 0 atom stereocenters. The Morgan fingerprint density at radius 1 is 0.950 bits per heavy atom. The van der Waals surface area contributed by atoms with Gasteiger partial charge >= 0.3 is 11.4 Å². The molecule has 8 heteroatoms. The van der Waals surface area contributed by atoms with Crippen molar-refractivity contribution in [2.75, 3.05) is 5.32 Å². The van der Waals surface area contributed by atoms with Crippen LogP contribution in [-0.4, -0.2) is 9.85 Å². The normalized spacial score (nSPS) is 11.6. The van der Waals surface area contributed by atoms with Crippen LogP contribution in [0.3, 0.4) is 0 Å². The Morgan fingerprint density at radius 2 is 1.70 bits per heavy atom. The molecule has 8 nitrogen and oxygen atoms in total. The molecule has 2 aromatic carbocycles. The van der Waals surface area contributed by atoms with E-state index in [-0.39, 0.29) is 11.4 Å². The second-order valence-corrected chi connectivity index (χ2v) is 4.04. The minimum atomic E-state index is -0.791. The molecule has 0 bridgehead atoms. The van der Waals surface area contributed by atoms with Crippen LogP contribution in [0, 0.1) is 20.2 Å². The third-order valence-corrected chi connectivity index (χ3v) is 2.86. The smallest absolute Gasteiger partial charge is 0.373 e. The molecular weight excluding hydrogens is 266 g/mol. The average Bonchev–Trinajstić information content (AvgIpc) is 2.43. The van der Waals surface area contributed by atoms with Gasteiger partial charge in [-0.2, -0.15) is 0 Å². The molecule has 0 spiro atoms. The highest BCUT2D eigenvalue weighted by Gasteiger charge is 2.34. The standard InChI is InChI=1S/C12H7N3O5/c16-14(17)8-5-6-10-11(12(8)15(18)19)13-7-3-1-2-4-9(7)20-10/h1-6,13H. The summed E-state index contributed by atoms with van der Waals surface area (Å²) in [6.45, 7) is 0. The number of hydrogen-bond donors (Lipinski definition) is 1. The van der Waals surface area contributed by atoms with Gasteiger partial charge in [0.25, 0.3) is 0 Å². The summed E-state index contributed by atoms with van der Waals surface area (Å²) in [7, 11) is 0. The zero-order chi connectivity index (χ0) is 14.3. The van der Waals surface area contributed by atoms with Crippen molar-refractivity contribution in [2.24, 2.45) is 0 Å². The summed E-state index contributed by atoms with van der Waals surface area (Å²) in [5.74, 6) is 0.684. The topological polar surface area (TPSA) is 108 Å². The SMILES string of the molecule is O=[N+]([O-])c1ccc2c(c1[N+](=O)[O-])Nc1ccccc1O2. The van der Waals surface area contributed by atoms with Crippen molar-refractivity contribution in [2.45, 2.75) is 0 Å². The van der Waals surface area contributed by atoms with Crippen molar-refractivity contribution in [3.8, 4) is 11.5 Å². The van der Waals surface area contributed by atoms with Crippen LogP contribution < -0.4 is 10.1 Å². The van der Waals surface area contributed by atoms with E-state index in [2.05, 4.69) is 5.32 Å². The number of fused-ring (bicyclic) bond motifs is 2. The number of nitrogens with one attached hydrogen (secondary N) is 1. The lowest BCUT2D eigenvalue weighted by atomic mass is 10.1. The Labute approximate surface area is 111 Å². The van der Waals surface area contributed by atoms with Gasteiger partial charge in [-0.1, -0.05) is 12.1 Å². The molecule has 0 unspecified atom stereocenters. The van der Waals surface area contributed by atoms with Crippen molar-refractivity contribution < 1.29 is 14.6 Å². The molecular formula is C12H7N3O5. The van der Waals surface area contributed by atoms with Crippen LogP contribution in [0.4, 0.5) is 22.7 Å². The molecule has 1 heterocycles. The van der Waals surface area contributed by atoms with Crippen molar-refractivity contribution in [3.05, 3.63) is 56.6 Å². The third-order valence-electron chi connectivity index (χ3n) is 2.86. The molecule has 1 aliphatic heterocycles. The minimum Gasteiger partial charge on any atom is -0.453 e. The molecule has 1 N–H and O–H groups in total. The summed E-state index contributed by atoms with van der Waals surface area (Å²) in [6, 6.07) is 9.24. The van der Waals surface area contributed by atoms with Crippen LogP contribution in [0.2, 0.25) is 0 Å². The van der Waals surface area contributed by atoms with Crippen LogP contribution in [0.5, 0.6) is 11.5 Å². The van der Waals surface area contributed by atoms with Gasteiger partial charge in [-0.3, -0.25) is 20.2 Å². The maximum absolute atomic E-state index is 11.1. The van der Waals surface area contributed by atoms with Crippen LogP contribution in [0.25, 0.3) is 0 Å². The van der Waals surface area contributed by atoms with E-state index in [9.17, 15) is 20.2 Å². The maximum atomic E-state index is 11.1. The number of nitro groups is 2. The van der Waals surface area contributed by atoms with Gasteiger partial charge in [0.2, 0.25) is 0 Å². The van der Waals surface area contributed by atoms with Gasteiger partial charge in [0.1, 0.15) is 0 Å².